The number of nitrogens with two attached hydrogens (primary N) is 1. The summed E-state index contributed by atoms with van der Waals surface area (Å²) in [5.41, 5.74) is 5.22. The number of amides is 1. The Kier molecular flexibility index (Phi) is 10.7. The average Bonchev–Trinajstić information content (AvgIpc) is 2.40. The fourth-order valence-corrected chi connectivity index (χ4v) is 3.61. The van der Waals surface area contributed by atoms with Crippen molar-refractivity contribution in [2.45, 2.75) is 38.4 Å². The topological polar surface area (TPSA) is 81.9 Å². The lowest BCUT2D eigenvalue weighted by atomic mass is 10.3. The Hall–Kier alpha value is -0.600. The molecule has 8 heteroatoms. The molecule has 0 unspecified atom stereocenters. The third kappa shape index (κ3) is 11.7. The van der Waals surface area contributed by atoms with Crippen LogP contribution in [0.15, 0.2) is 0 Å². The predicted molar refractivity (Wildman–Crippen MR) is 88.2 cm³/mol. The molecule has 2 N–H and O–H groups in total. The Balaban J connectivity index is 4.14. The van der Waals surface area contributed by atoms with E-state index in [0.717, 1.165) is 5.75 Å². The molecule has 0 fully saturated rings. The van der Waals surface area contributed by atoms with Gasteiger partial charge in [0, 0.05) is 30.0 Å². The van der Waals surface area contributed by atoms with Crippen LogP contribution >= 0.6 is 21.6 Å². The lowest BCUT2D eigenvalue weighted by Crippen LogP contribution is -2.35. The first kappa shape index (κ1) is 20.4. The highest BCUT2D eigenvalue weighted by Crippen LogP contribution is 2.34. The van der Waals surface area contributed by atoms with Crippen LogP contribution in [0.2, 0.25) is 0 Å². The Morgan fingerprint density at radius 1 is 1.24 bits per heavy atom. The summed E-state index contributed by atoms with van der Waals surface area (Å²) >= 11 is 0. The van der Waals surface area contributed by atoms with Crippen LogP contribution in [0, 0.1) is 0 Å². The molecule has 0 aliphatic heterocycles. The Labute approximate surface area is 134 Å². The van der Waals surface area contributed by atoms with Crippen molar-refractivity contribution in [1.29, 1.82) is 0 Å². The molecule has 0 spiro atoms. The van der Waals surface area contributed by atoms with Gasteiger partial charge >= 0.3 is 12.1 Å². The molecule has 124 valence electrons. The third-order valence-corrected chi connectivity index (χ3v) is 5.58. The first-order valence-electron chi connectivity index (χ1n) is 6.79. The van der Waals surface area contributed by atoms with Gasteiger partial charge in [0.2, 0.25) is 0 Å². The lowest BCUT2D eigenvalue weighted by molar-refractivity contribution is -0.140. The molecule has 6 nitrogen and oxygen atoms in total. The molecule has 0 aliphatic carbocycles. The molecular formula is C13H26N2O4S2. The number of carbonyl (C=O) groups is 2. The number of nitrogens with zero attached hydrogens (tertiary/aromatic N) is 1. The van der Waals surface area contributed by atoms with Gasteiger partial charge in [-0.3, -0.25) is 10.5 Å². The average molecular weight is 338 g/mol. The fraction of sp³-hybridized carbons (Fsp3) is 0.846. The van der Waals surface area contributed by atoms with Gasteiger partial charge < -0.3 is 14.4 Å². The number of hydrogen-bond donors (Lipinski definition) is 1. The maximum absolute atomic E-state index is 11.8. The van der Waals surface area contributed by atoms with Crippen molar-refractivity contribution < 1.29 is 19.1 Å². The van der Waals surface area contributed by atoms with Crippen LogP contribution in [-0.4, -0.2) is 54.4 Å². The minimum atomic E-state index is -0.441. The molecule has 1 amide bonds. The standard InChI is InChI=1S/C13H26N2O4S2/c1-13(2,3)21-20-9-8-15(12(17)19-10-14)7-5-6-11(16)18-4/h5-10,14H2,1-4H3. The van der Waals surface area contributed by atoms with E-state index in [1.54, 1.807) is 26.5 Å². The van der Waals surface area contributed by atoms with Crippen molar-refractivity contribution >= 4 is 33.7 Å². The Morgan fingerprint density at radius 3 is 2.43 bits per heavy atom. The van der Waals surface area contributed by atoms with E-state index in [0.29, 0.717) is 19.5 Å². The van der Waals surface area contributed by atoms with E-state index >= 15 is 0 Å². The van der Waals surface area contributed by atoms with Gasteiger partial charge in [-0.25, -0.2) is 4.79 Å². The van der Waals surface area contributed by atoms with Gasteiger partial charge in [0.25, 0.3) is 0 Å². The van der Waals surface area contributed by atoms with Crippen molar-refractivity contribution in [2.24, 2.45) is 5.73 Å². The summed E-state index contributed by atoms with van der Waals surface area (Å²) < 4.78 is 9.57. The Morgan fingerprint density at radius 2 is 1.90 bits per heavy atom. The van der Waals surface area contributed by atoms with Gasteiger partial charge in [0.1, 0.15) is 6.73 Å². The second kappa shape index (κ2) is 11.0. The number of rotatable bonds is 9. The van der Waals surface area contributed by atoms with Crippen molar-refractivity contribution in [3.8, 4) is 0 Å². The largest absolute Gasteiger partial charge is 0.469 e. The first-order chi connectivity index (χ1) is 9.80. The van der Waals surface area contributed by atoms with Crippen LogP contribution in [0.4, 0.5) is 4.79 Å². The monoisotopic (exact) mass is 338 g/mol. The molecule has 0 radical (unpaired) electrons. The van der Waals surface area contributed by atoms with E-state index in [4.69, 9.17) is 10.5 Å². The van der Waals surface area contributed by atoms with Crippen LogP contribution in [0.5, 0.6) is 0 Å². The zero-order chi connectivity index (χ0) is 16.3. The van der Waals surface area contributed by atoms with Gasteiger partial charge in [0.05, 0.1) is 7.11 Å². The maximum Gasteiger partial charge on any atom is 0.411 e. The zero-order valence-electron chi connectivity index (χ0n) is 13.2. The molecule has 21 heavy (non-hydrogen) atoms. The maximum atomic E-state index is 11.8. The number of esters is 1. The minimum absolute atomic E-state index is 0.143. The highest BCUT2D eigenvalue weighted by Gasteiger charge is 2.16. The van der Waals surface area contributed by atoms with Crippen LogP contribution in [0.3, 0.4) is 0 Å². The fourth-order valence-electron chi connectivity index (χ4n) is 1.34. The summed E-state index contributed by atoms with van der Waals surface area (Å²) in [6.07, 6.45) is 0.389. The van der Waals surface area contributed by atoms with Gasteiger partial charge in [0.15, 0.2) is 0 Å². The summed E-state index contributed by atoms with van der Waals surface area (Å²) in [7, 11) is 4.84. The number of carbonyl (C=O) groups excluding carboxylic acids is 2. The van der Waals surface area contributed by atoms with Crippen LogP contribution in [0.1, 0.15) is 33.6 Å². The molecule has 0 aromatic carbocycles. The summed E-state index contributed by atoms with van der Waals surface area (Å²) in [6, 6.07) is 0. The third-order valence-electron chi connectivity index (χ3n) is 2.26. The van der Waals surface area contributed by atoms with Crippen molar-refractivity contribution in [3.05, 3.63) is 0 Å². The SMILES string of the molecule is COC(=O)CCCN(CCSSC(C)(C)C)C(=O)OCN. The first-order valence-corrected chi connectivity index (χ1v) is 9.11. The molecular weight excluding hydrogens is 312 g/mol. The van der Waals surface area contributed by atoms with Gasteiger partial charge in [-0.05, 0) is 6.42 Å². The summed E-state index contributed by atoms with van der Waals surface area (Å²) in [5.74, 6) is 0.514. The minimum Gasteiger partial charge on any atom is -0.469 e. The van der Waals surface area contributed by atoms with Crippen LogP contribution < -0.4 is 5.73 Å². The zero-order valence-corrected chi connectivity index (χ0v) is 14.8. The van der Waals surface area contributed by atoms with Crippen molar-refractivity contribution in [3.63, 3.8) is 0 Å². The van der Waals surface area contributed by atoms with E-state index in [2.05, 4.69) is 25.5 Å². The van der Waals surface area contributed by atoms with E-state index in [1.807, 2.05) is 0 Å². The van der Waals surface area contributed by atoms with E-state index < -0.39 is 6.09 Å². The second-order valence-corrected chi connectivity index (χ2v) is 8.50. The molecule has 0 heterocycles. The molecule has 0 saturated carbocycles. The summed E-state index contributed by atoms with van der Waals surface area (Å²) in [4.78, 5) is 24.4. The number of methoxy groups -OCH3 is 1. The van der Waals surface area contributed by atoms with Gasteiger partial charge in [-0.2, -0.15) is 0 Å². The number of ether oxygens (including phenoxy) is 2. The molecule has 0 rings (SSSR count). The highest BCUT2D eigenvalue weighted by molar-refractivity contribution is 8.77. The predicted octanol–water partition coefficient (Wildman–Crippen LogP) is 2.47. The van der Waals surface area contributed by atoms with E-state index in [9.17, 15) is 9.59 Å². The van der Waals surface area contributed by atoms with Crippen molar-refractivity contribution in [1.82, 2.24) is 4.90 Å². The Bertz CT molecular complexity index is 322. The second-order valence-electron chi connectivity index (χ2n) is 5.26. The van der Waals surface area contributed by atoms with Crippen LogP contribution in [-0.2, 0) is 14.3 Å². The number of hydrogen-bond acceptors (Lipinski definition) is 7. The van der Waals surface area contributed by atoms with Gasteiger partial charge in [-0.1, -0.05) is 42.4 Å². The summed E-state index contributed by atoms with van der Waals surface area (Å²) in [5, 5.41) is 0. The van der Waals surface area contributed by atoms with E-state index in [1.165, 1.54) is 7.11 Å². The highest BCUT2D eigenvalue weighted by atomic mass is 33.1. The molecule has 0 aromatic heterocycles. The molecule has 0 saturated heterocycles. The normalized spacial score (nSPS) is 11.1. The molecule has 0 aromatic rings. The molecule has 0 atom stereocenters. The van der Waals surface area contributed by atoms with E-state index in [-0.39, 0.29) is 23.9 Å². The molecule has 0 bridgehead atoms. The smallest absolute Gasteiger partial charge is 0.411 e. The quantitative estimate of drug-likeness (QED) is 0.299. The summed E-state index contributed by atoms with van der Waals surface area (Å²) in [6.45, 7) is 7.29. The molecule has 0 aliphatic rings. The van der Waals surface area contributed by atoms with Crippen molar-refractivity contribution in [2.75, 3.05) is 32.7 Å². The van der Waals surface area contributed by atoms with Crippen LogP contribution in [0.25, 0.3) is 0 Å². The lowest BCUT2D eigenvalue weighted by Gasteiger charge is -2.22. The van der Waals surface area contributed by atoms with Gasteiger partial charge in [-0.15, -0.1) is 0 Å².